The van der Waals surface area contributed by atoms with Crippen LogP contribution in [0.1, 0.15) is 13.3 Å². The number of nitrogens with one attached hydrogen (secondary N) is 1. The molecule has 0 bridgehead atoms. The van der Waals surface area contributed by atoms with Gasteiger partial charge in [0, 0.05) is 13.2 Å². The van der Waals surface area contributed by atoms with E-state index in [1.54, 1.807) is 24.0 Å². The number of benzene rings is 1. The second kappa shape index (κ2) is 5.34. The lowest BCUT2D eigenvalue weighted by Crippen LogP contribution is -2.46. The first kappa shape index (κ1) is 13.5. The van der Waals surface area contributed by atoms with E-state index in [-0.39, 0.29) is 18.6 Å². The van der Waals surface area contributed by atoms with Crippen molar-refractivity contribution in [3.63, 3.8) is 0 Å². The molecular formula is C12H14Cl2N2O2. The molecule has 1 aliphatic rings. The van der Waals surface area contributed by atoms with Crippen LogP contribution in [0.4, 0.5) is 11.4 Å². The Morgan fingerprint density at radius 2 is 2.06 bits per heavy atom. The minimum Gasteiger partial charge on any atom is -0.396 e. The van der Waals surface area contributed by atoms with E-state index in [4.69, 9.17) is 28.3 Å². The maximum Gasteiger partial charge on any atom is 0.249 e. The van der Waals surface area contributed by atoms with Gasteiger partial charge >= 0.3 is 0 Å². The fourth-order valence-electron chi connectivity index (χ4n) is 1.98. The number of amides is 1. The maximum absolute atomic E-state index is 12.1. The normalized spacial score (nSPS) is 18.6. The molecule has 1 aromatic rings. The largest absolute Gasteiger partial charge is 0.396 e. The highest BCUT2D eigenvalue weighted by Crippen LogP contribution is 2.38. The van der Waals surface area contributed by atoms with Crippen LogP contribution in [0.2, 0.25) is 10.0 Å². The summed E-state index contributed by atoms with van der Waals surface area (Å²) in [6, 6.07) is 3.08. The van der Waals surface area contributed by atoms with E-state index in [1.807, 2.05) is 0 Å². The molecule has 6 heteroatoms. The lowest BCUT2D eigenvalue weighted by Gasteiger charge is -2.34. The van der Waals surface area contributed by atoms with Gasteiger partial charge in [-0.1, -0.05) is 23.2 Å². The van der Waals surface area contributed by atoms with Crippen LogP contribution in [0.5, 0.6) is 0 Å². The molecule has 1 heterocycles. The van der Waals surface area contributed by atoms with Crippen molar-refractivity contribution in [1.82, 2.24) is 0 Å². The lowest BCUT2D eigenvalue weighted by molar-refractivity contribution is -0.119. The molecule has 98 valence electrons. The number of carbonyl (C=O) groups excluding carboxylic acids is 1. The zero-order valence-electron chi connectivity index (χ0n) is 9.91. The third-order valence-corrected chi connectivity index (χ3v) is 3.60. The average molecular weight is 289 g/mol. The Balaban J connectivity index is 2.41. The summed E-state index contributed by atoms with van der Waals surface area (Å²) in [6.45, 7) is 2.30. The summed E-state index contributed by atoms with van der Waals surface area (Å²) in [7, 11) is 0. The van der Waals surface area contributed by atoms with Gasteiger partial charge in [-0.2, -0.15) is 0 Å². The van der Waals surface area contributed by atoms with Gasteiger partial charge in [-0.25, -0.2) is 0 Å². The number of rotatable bonds is 3. The number of carbonyl (C=O) groups is 1. The second-order valence-corrected chi connectivity index (χ2v) is 5.03. The number of hydrogen-bond donors (Lipinski definition) is 2. The SMILES string of the molecule is CC1Nc2cc(Cl)c(Cl)cc2N(CCCO)C1=O. The molecule has 18 heavy (non-hydrogen) atoms. The van der Waals surface area contributed by atoms with Crippen molar-refractivity contribution in [3.8, 4) is 0 Å². The smallest absolute Gasteiger partial charge is 0.249 e. The molecule has 2 N–H and O–H groups in total. The fourth-order valence-corrected chi connectivity index (χ4v) is 2.30. The standard InChI is InChI=1S/C12H14Cl2N2O2/c1-7-12(18)16(3-2-4-17)11-6-9(14)8(13)5-10(11)15-7/h5-7,15,17H,2-4H2,1H3. The highest BCUT2D eigenvalue weighted by molar-refractivity contribution is 6.42. The van der Waals surface area contributed by atoms with Gasteiger partial charge in [0.2, 0.25) is 5.91 Å². The first-order valence-electron chi connectivity index (χ1n) is 5.72. The molecular weight excluding hydrogens is 275 g/mol. The summed E-state index contributed by atoms with van der Waals surface area (Å²) in [4.78, 5) is 13.7. The predicted octanol–water partition coefficient (Wildman–Crippen LogP) is 2.52. The first-order valence-corrected chi connectivity index (χ1v) is 6.48. The van der Waals surface area contributed by atoms with Crippen molar-refractivity contribution in [3.05, 3.63) is 22.2 Å². The van der Waals surface area contributed by atoms with Crippen molar-refractivity contribution in [2.75, 3.05) is 23.4 Å². The molecule has 1 amide bonds. The first-order chi connectivity index (χ1) is 8.54. The van der Waals surface area contributed by atoms with Gasteiger partial charge in [-0.05, 0) is 25.5 Å². The number of fused-ring (bicyclic) bond motifs is 1. The third-order valence-electron chi connectivity index (χ3n) is 2.88. The summed E-state index contributed by atoms with van der Waals surface area (Å²) >= 11 is 11.9. The Morgan fingerprint density at radius 1 is 1.39 bits per heavy atom. The van der Waals surface area contributed by atoms with Gasteiger partial charge < -0.3 is 15.3 Å². The Hall–Kier alpha value is -0.970. The number of nitrogens with zero attached hydrogens (tertiary/aromatic N) is 1. The zero-order valence-corrected chi connectivity index (χ0v) is 11.4. The highest BCUT2D eigenvalue weighted by atomic mass is 35.5. The van der Waals surface area contributed by atoms with Crippen LogP contribution in [0, 0.1) is 0 Å². The summed E-state index contributed by atoms with van der Waals surface area (Å²) in [6.07, 6.45) is 0.526. The van der Waals surface area contributed by atoms with Crippen molar-refractivity contribution >= 4 is 40.5 Å². The molecule has 0 saturated heterocycles. The summed E-state index contributed by atoms with van der Waals surface area (Å²) in [5.41, 5.74) is 1.50. The molecule has 0 spiro atoms. The van der Waals surface area contributed by atoms with Gasteiger partial charge in [0.05, 0.1) is 21.4 Å². The maximum atomic E-state index is 12.1. The Kier molecular flexibility index (Phi) is 4.00. The van der Waals surface area contributed by atoms with Crippen molar-refractivity contribution in [2.24, 2.45) is 0 Å². The predicted molar refractivity (Wildman–Crippen MR) is 73.6 cm³/mol. The number of halogens is 2. The van der Waals surface area contributed by atoms with Gasteiger partial charge in [0.1, 0.15) is 6.04 Å². The summed E-state index contributed by atoms with van der Waals surface area (Å²) in [5, 5.41) is 12.8. The van der Waals surface area contributed by atoms with E-state index in [1.165, 1.54) is 0 Å². The van der Waals surface area contributed by atoms with Gasteiger partial charge in [0.25, 0.3) is 0 Å². The van der Waals surface area contributed by atoms with Gasteiger partial charge in [-0.15, -0.1) is 0 Å². The molecule has 4 nitrogen and oxygen atoms in total. The number of aliphatic hydroxyl groups is 1. The van der Waals surface area contributed by atoms with E-state index < -0.39 is 0 Å². The molecule has 0 saturated carbocycles. The lowest BCUT2D eigenvalue weighted by atomic mass is 10.1. The van der Waals surface area contributed by atoms with Crippen LogP contribution in [0.25, 0.3) is 0 Å². The zero-order chi connectivity index (χ0) is 13.3. The van der Waals surface area contributed by atoms with Crippen molar-refractivity contribution in [2.45, 2.75) is 19.4 Å². The average Bonchev–Trinajstić information content (AvgIpc) is 2.33. The van der Waals surface area contributed by atoms with Gasteiger partial charge in [-0.3, -0.25) is 4.79 Å². The van der Waals surface area contributed by atoms with Crippen LogP contribution < -0.4 is 10.2 Å². The monoisotopic (exact) mass is 288 g/mol. The van der Waals surface area contributed by atoms with E-state index in [2.05, 4.69) is 5.32 Å². The van der Waals surface area contributed by atoms with Crippen LogP contribution in [-0.4, -0.2) is 30.2 Å². The minimum absolute atomic E-state index is 0.0330. The topological polar surface area (TPSA) is 52.6 Å². The van der Waals surface area contributed by atoms with Crippen molar-refractivity contribution in [1.29, 1.82) is 0 Å². The van der Waals surface area contributed by atoms with Crippen molar-refractivity contribution < 1.29 is 9.90 Å². The summed E-state index contributed by atoms with van der Waals surface area (Å²) in [5.74, 6) is -0.0330. The van der Waals surface area contributed by atoms with Crippen LogP contribution in [-0.2, 0) is 4.79 Å². The van der Waals surface area contributed by atoms with E-state index in [0.717, 1.165) is 5.69 Å². The molecule has 0 radical (unpaired) electrons. The van der Waals surface area contributed by atoms with Crippen LogP contribution in [0.15, 0.2) is 12.1 Å². The molecule has 0 fully saturated rings. The number of hydrogen-bond acceptors (Lipinski definition) is 3. The molecule has 2 rings (SSSR count). The highest BCUT2D eigenvalue weighted by Gasteiger charge is 2.29. The summed E-state index contributed by atoms with van der Waals surface area (Å²) < 4.78 is 0. The molecule has 1 unspecified atom stereocenters. The molecule has 0 aromatic heterocycles. The van der Waals surface area contributed by atoms with Crippen LogP contribution in [0.3, 0.4) is 0 Å². The molecule has 1 aliphatic heterocycles. The quantitative estimate of drug-likeness (QED) is 0.899. The molecule has 0 aliphatic carbocycles. The van der Waals surface area contributed by atoms with E-state index >= 15 is 0 Å². The Morgan fingerprint density at radius 3 is 2.72 bits per heavy atom. The van der Waals surface area contributed by atoms with E-state index in [0.29, 0.717) is 28.7 Å². The third kappa shape index (κ3) is 2.41. The fraction of sp³-hybridized carbons (Fsp3) is 0.417. The van der Waals surface area contributed by atoms with Gasteiger partial charge in [0.15, 0.2) is 0 Å². The molecule has 1 atom stereocenters. The second-order valence-electron chi connectivity index (χ2n) is 4.22. The molecule has 1 aromatic carbocycles. The Labute approximate surface area is 115 Å². The van der Waals surface area contributed by atoms with Crippen LogP contribution >= 0.6 is 23.2 Å². The number of anilines is 2. The van der Waals surface area contributed by atoms with E-state index in [9.17, 15) is 4.79 Å². The minimum atomic E-state index is -0.312. The Bertz CT molecular complexity index is 479. The number of aliphatic hydroxyl groups excluding tert-OH is 1.